The van der Waals surface area contributed by atoms with E-state index in [1.165, 1.54) is 19.2 Å². The molecule has 4 N–H and O–H groups in total. The van der Waals surface area contributed by atoms with E-state index in [4.69, 9.17) is 9.84 Å². The fourth-order valence-electron chi connectivity index (χ4n) is 1.57. The molecule has 0 aliphatic heterocycles. The van der Waals surface area contributed by atoms with Gasteiger partial charge in [0.05, 0.1) is 18.4 Å². The van der Waals surface area contributed by atoms with Crippen molar-refractivity contribution in [3.05, 3.63) is 23.8 Å². The third-order valence-corrected chi connectivity index (χ3v) is 2.59. The van der Waals surface area contributed by atoms with Crippen LogP contribution in [0.2, 0.25) is 0 Å². The minimum Gasteiger partial charge on any atom is -0.497 e. The Bertz CT molecular complexity index is 477. The quantitative estimate of drug-likeness (QED) is 0.561. The maximum atomic E-state index is 11.6. The van der Waals surface area contributed by atoms with Crippen molar-refractivity contribution in [2.75, 3.05) is 32.6 Å². The van der Waals surface area contributed by atoms with Crippen molar-refractivity contribution in [3.63, 3.8) is 0 Å². The van der Waals surface area contributed by atoms with Crippen molar-refractivity contribution in [2.24, 2.45) is 0 Å². The Morgan fingerprint density at radius 3 is 2.65 bits per heavy atom. The molecule has 2 amide bonds. The number of anilines is 1. The van der Waals surface area contributed by atoms with Crippen LogP contribution in [0.25, 0.3) is 0 Å². The van der Waals surface area contributed by atoms with Gasteiger partial charge >= 0.3 is 12.0 Å². The van der Waals surface area contributed by atoms with Gasteiger partial charge in [0, 0.05) is 6.54 Å². The minimum atomic E-state index is -1.13. The van der Waals surface area contributed by atoms with Crippen molar-refractivity contribution in [1.82, 2.24) is 10.6 Å². The first-order valence-corrected chi connectivity index (χ1v) is 6.19. The van der Waals surface area contributed by atoms with Gasteiger partial charge in [0.1, 0.15) is 5.75 Å². The van der Waals surface area contributed by atoms with Gasteiger partial charge in [-0.05, 0) is 38.2 Å². The van der Waals surface area contributed by atoms with E-state index in [1.54, 1.807) is 6.07 Å². The van der Waals surface area contributed by atoms with Crippen molar-refractivity contribution in [2.45, 2.75) is 6.42 Å². The summed E-state index contributed by atoms with van der Waals surface area (Å²) in [5, 5.41) is 17.2. The summed E-state index contributed by atoms with van der Waals surface area (Å²) in [6.45, 7) is 1.30. The molecule has 0 saturated carbocycles. The number of nitrogens with one attached hydrogen (secondary N) is 3. The highest BCUT2D eigenvalue weighted by Crippen LogP contribution is 2.21. The molecule has 20 heavy (non-hydrogen) atoms. The second-order valence-electron chi connectivity index (χ2n) is 4.05. The molecular weight excluding hydrogens is 262 g/mol. The molecule has 0 spiro atoms. The number of carboxylic acid groups (broad SMARTS) is 1. The van der Waals surface area contributed by atoms with Gasteiger partial charge in [-0.25, -0.2) is 9.59 Å². The Morgan fingerprint density at radius 1 is 1.30 bits per heavy atom. The predicted octanol–water partition coefficient (Wildman–Crippen LogP) is 1.12. The number of rotatable bonds is 7. The van der Waals surface area contributed by atoms with Crippen LogP contribution >= 0.6 is 0 Å². The molecule has 1 aromatic carbocycles. The van der Waals surface area contributed by atoms with Gasteiger partial charge in [-0.3, -0.25) is 0 Å². The van der Waals surface area contributed by atoms with Crippen molar-refractivity contribution in [1.29, 1.82) is 0 Å². The van der Waals surface area contributed by atoms with E-state index in [1.807, 2.05) is 7.05 Å². The third kappa shape index (κ3) is 4.77. The number of carbonyl (C=O) groups is 2. The smallest absolute Gasteiger partial charge is 0.337 e. The maximum absolute atomic E-state index is 11.6. The van der Waals surface area contributed by atoms with Gasteiger partial charge < -0.3 is 25.8 Å². The Hall–Kier alpha value is -2.28. The number of aromatic carboxylic acids is 1. The summed E-state index contributed by atoms with van der Waals surface area (Å²) < 4.78 is 4.96. The average molecular weight is 281 g/mol. The molecule has 110 valence electrons. The Kier molecular flexibility index (Phi) is 6.31. The molecule has 0 saturated heterocycles. The number of benzene rings is 1. The standard InChI is InChI=1S/C13H19N3O4/c1-14-6-3-7-15-13(19)16-11-5-4-9(20-2)8-10(11)12(17)18/h4-5,8,14H,3,6-7H2,1-2H3,(H,17,18)(H2,15,16,19). The SMILES string of the molecule is CNCCCNC(=O)Nc1ccc(OC)cc1C(=O)O. The molecule has 1 aromatic rings. The number of carboxylic acids is 1. The van der Waals surface area contributed by atoms with E-state index in [9.17, 15) is 9.59 Å². The zero-order chi connectivity index (χ0) is 15.0. The molecule has 0 fully saturated rings. The molecule has 0 radical (unpaired) electrons. The second-order valence-corrected chi connectivity index (χ2v) is 4.05. The molecule has 0 aliphatic rings. The number of hydrogen-bond acceptors (Lipinski definition) is 4. The zero-order valence-corrected chi connectivity index (χ0v) is 11.5. The first-order chi connectivity index (χ1) is 9.58. The zero-order valence-electron chi connectivity index (χ0n) is 11.5. The lowest BCUT2D eigenvalue weighted by atomic mass is 10.1. The summed E-state index contributed by atoms with van der Waals surface area (Å²) in [4.78, 5) is 22.8. The number of amides is 2. The Labute approximate surface area is 117 Å². The van der Waals surface area contributed by atoms with E-state index in [-0.39, 0.29) is 11.3 Å². The molecule has 1 rings (SSSR count). The first-order valence-electron chi connectivity index (χ1n) is 6.19. The summed E-state index contributed by atoms with van der Waals surface area (Å²) in [5.41, 5.74) is 0.208. The summed E-state index contributed by atoms with van der Waals surface area (Å²) >= 11 is 0. The number of ether oxygens (including phenoxy) is 1. The number of urea groups is 1. The average Bonchev–Trinajstić information content (AvgIpc) is 2.43. The predicted molar refractivity (Wildman–Crippen MR) is 75.5 cm³/mol. The highest BCUT2D eigenvalue weighted by atomic mass is 16.5. The lowest BCUT2D eigenvalue weighted by molar-refractivity contribution is 0.0697. The minimum absolute atomic E-state index is 0.0188. The fraction of sp³-hybridized carbons (Fsp3) is 0.385. The van der Waals surface area contributed by atoms with Gasteiger partial charge in [0.15, 0.2) is 0 Å². The van der Waals surface area contributed by atoms with E-state index < -0.39 is 12.0 Å². The van der Waals surface area contributed by atoms with Crippen LogP contribution in [0.15, 0.2) is 18.2 Å². The van der Waals surface area contributed by atoms with Crippen LogP contribution in [0.1, 0.15) is 16.8 Å². The Morgan fingerprint density at radius 2 is 2.05 bits per heavy atom. The highest BCUT2D eigenvalue weighted by Gasteiger charge is 2.13. The lowest BCUT2D eigenvalue weighted by Gasteiger charge is -2.11. The molecule has 0 bridgehead atoms. The molecule has 0 aromatic heterocycles. The highest BCUT2D eigenvalue weighted by molar-refractivity contribution is 6.00. The molecule has 0 unspecified atom stereocenters. The van der Waals surface area contributed by atoms with Crippen molar-refractivity contribution in [3.8, 4) is 5.75 Å². The van der Waals surface area contributed by atoms with Gasteiger partial charge in [0.2, 0.25) is 0 Å². The van der Waals surface area contributed by atoms with Gasteiger partial charge in [-0.1, -0.05) is 0 Å². The number of hydrogen-bond donors (Lipinski definition) is 4. The second kappa shape index (κ2) is 8.00. The molecule has 0 heterocycles. The summed E-state index contributed by atoms with van der Waals surface area (Å²) in [7, 11) is 3.28. The number of carbonyl (C=O) groups excluding carboxylic acids is 1. The van der Waals surface area contributed by atoms with Gasteiger partial charge in [-0.15, -0.1) is 0 Å². The molecule has 0 atom stereocenters. The van der Waals surface area contributed by atoms with Crippen LogP contribution in [-0.2, 0) is 0 Å². The molecular formula is C13H19N3O4. The lowest BCUT2D eigenvalue weighted by Crippen LogP contribution is -2.31. The van der Waals surface area contributed by atoms with E-state index in [2.05, 4.69) is 16.0 Å². The summed E-state index contributed by atoms with van der Waals surface area (Å²) in [5.74, 6) is -0.711. The van der Waals surface area contributed by atoms with E-state index in [0.29, 0.717) is 12.3 Å². The molecule has 0 aliphatic carbocycles. The van der Waals surface area contributed by atoms with Gasteiger partial charge in [0.25, 0.3) is 0 Å². The molecule has 7 heteroatoms. The van der Waals surface area contributed by atoms with Crippen LogP contribution in [0.4, 0.5) is 10.5 Å². The normalized spacial score (nSPS) is 9.90. The maximum Gasteiger partial charge on any atom is 0.337 e. The van der Waals surface area contributed by atoms with Crippen LogP contribution in [0.3, 0.4) is 0 Å². The van der Waals surface area contributed by atoms with E-state index in [0.717, 1.165) is 13.0 Å². The van der Waals surface area contributed by atoms with Crippen molar-refractivity contribution < 1.29 is 19.4 Å². The monoisotopic (exact) mass is 281 g/mol. The third-order valence-electron chi connectivity index (χ3n) is 2.59. The van der Waals surface area contributed by atoms with Crippen LogP contribution < -0.4 is 20.7 Å². The van der Waals surface area contributed by atoms with E-state index >= 15 is 0 Å². The van der Waals surface area contributed by atoms with Crippen LogP contribution in [0.5, 0.6) is 5.75 Å². The van der Waals surface area contributed by atoms with Crippen LogP contribution in [-0.4, -0.2) is 44.4 Å². The Balaban J connectivity index is 2.66. The first kappa shape index (κ1) is 15.8. The fourth-order valence-corrected chi connectivity index (χ4v) is 1.57. The van der Waals surface area contributed by atoms with Crippen molar-refractivity contribution >= 4 is 17.7 Å². The summed E-state index contributed by atoms with van der Waals surface area (Å²) in [6, 6.07) is 4.01. The summed E-state index contributed by atoms with van der Waals surface area (Å²) in [6.07, 6.45) is 0.790. The van der Waals surface area contributed by atoms with Gasteiger partial charge in [-0.2, -0.15) is 0 Å². The van der Waals surface area contributed by atoms with Crippen LogP contribution in [0, 0.1) is 0 Å². The molecule has 7 nitrogen and oxygen atoms in total. The largest absolute Gasteiger partial charge is 0.497 e. The topological polar surface area (TPSA) is 99.7 Å². The number of methoxy groups -OCH3 is 1.